The maximum absolute atomic E-state index is 10.9. The highest BCUT2D eigenvalue weighted by molar-refractivity contribution is 9.08. The first-order chi connectivity index (χ1) is 8.04. The van der Waals surface area contributed by atoms with Crippen LogP contribution in [0.15, 0.2) is 12.3 Å². The fraction of sp³-hybridized carbons (Fsp3) is 0.111. The van der Waals surface area contributed by atoms with E-state index in [2.05, 4.69) is 26.0 Å². The summed E-state index contributed by atoms with van der Waals surface area (Å²) in [7, 11) is 0. The minimum Gasteiger partial charge on any atom is -0.477 e. The van der Waals surface area contributed by atoms with Crippen LogP contribution in [0.2, 0.25) is 0 Å². The van der Waals surface area contributed by atoms with Gasteiger partial charge in [0.2, 0.25) is 0 Å². The van der Waals surface area contributed by atoms with Gasteiger partial charge in [0.1, 0.15) is 5.56 Å². The summed E-state index contributed by atoms with van der Waals surface area (Å²) < 4.78 is 1.30. The lowest BCUT2D eigenvalue weighted by Gasteiger charge is -2.02. The third kappa shape index (κ3) is 1.86. The lowest BCUT2D eigenvalue weighted by Crippen LogP contribution is -2.08. The quantitative estimate of drug-likeness (QED) is 0.820. The third-order valence-electron chi connectivity index (χ3n) is 2.13. The van der Waals surface area contributed by atoms with E-state index in [0.29, 0.717) is 11.0 Å². The van der Waals surface area contributed by atoms with Gasteiger partial charge in [-0.15, -0.1) is 0 Å². The smallest absolute Gasteiger partial charge is 0.354 e. The molecule has 0 atom stereocenters. The first-order valence-electron chi connectivity index (χ1n) is 4.44. The van der Waals surface area contributed by atoms with Crippen LogP contribution in [0.1, 0.15) is 26.5 Å². The molecule has 0 aliphatic carbocycles. The minimum atomic E-state index is -1.22. The molecule has 0 saturated carbocycles. The Balaban J connectivity index is 2.81. The number of nitrogens with zero attached hydrogens (tertiary/aromatic N) is 3. The van der Waals surface area contributed by atoms with Gasteiger partial charge in [-0.25, -0.2) is 19.1 Å². The molecule has 0 aliphatic heterocycles. The summed E-state index contributed by atoms with van der Waals surface area (Å²) in [6.45, 7) is 0. The van der Waals surface area contributed by atoms with Crippen LogP contribution >= 0.6 is 15.9 Å². The standard InChI is InChI=1S/C9H6BrN3O4/c10-2-4-1-6(9(16)17)12-7-5(8(14)15)3-11-13(4)7/h1,3H,2H2,(H,14,15)(H,16,17). The summed E-state index contributed by atoms with van der Waals surface area (Å²) in [5.41, 5.74) is 0.192. The van der Waals surface area contributed by atoms with Gasteiger partial charge in [0.15, 0.2) is 11.3 Å². The van der Waals surface area contributed by atoms with Crippen molar-refractivity contribution >= 4 is 33.5 Å². The van der Waals surface area contributed by atoms with Crippen molar-refractivity contribution in [2.24, 2.45) is 0 Å². The Morgan fingerprint density at radius 3 is 2.59 bits per heavy atom. The predicted octanol–water partition coefficient (Wildman–Crippen LogP) is 1.02. The monoisotopic (exact) mass is 299 g/mol. The van der Waals surface area contributed by atoms with Crippen molar-refractivity contribution in [1.29, 1.82) is 0 Å². The number of aromatic nitrogens is 3. The number of carbonyl (C=O) groups is 2. The van der Waals surface area contributed by atoms with Gasteiger partial charge in [0.25, 0.3) is 0 Å². The molecule has 0 saturated heterocycles. The van der Waals surface area contributed by atoms with Gasteiger partial charge in [-0.05, 0) is 6.07 Å². The van der Waals surface area contributed by atoms with Crippen LogP contribution in [-0.2, 0) is 5.33 Å². The molecule has 0 aromatic carbocycles. The molecule has 7 nitrogen and oxygen atoms in total. The molecule has 17 heavy (non-hydrogen) atoms. The summed E-state index contributed by atoms with van der Waals surface area (Å²) in [5.74, 6) is -2.41. The molecule has 2 N–H and O–H groups in total. The number of alkyl halides is 1. The van der Waals surface area contributed by atoms with Gasteiger partial charge in [-0.3, -0.25) is 0 Å². The largest absolute Gasteiger partial charge is 0.477 e. The van der Waals surface area contributed by atoms with Crippen molar-refractivity contribution in [3.8, 4) is 0 Å². The van der Waals surface area contributed by atoms with Gasteiger partial charge >= 0.3 is 11.9 Å². The van der Waals surface area contributed by atoms with Crippen LogP contribution in [0, 0.1) is 0 Å². The number of carboxylic acids is 2. The summed E-state index contributed by atoms with van der Waals surface area (Å²) in [4.78, 5) is 25.5. The van der Waals surface area contributed by atoms with Gasteiger partial charge in [-0.1, -0.05) is 15.9 Å². The van der Waals surface area contributed by atoms with Crippen LogP contribution in [0.25, 0.3) is 5.65 Å². The number of halogens is 1. The predicted molar refractivity (Wildman–Crippen MR) is 59.5 cm³/mol. The molecule has 0 bridgehead atoms. The highest BCUT2D eigenvalue weighted by Gasteiger charge is 2.17. The molecular weight excluding hydrogens is 294 g/mol. The summed E-state index contributed by atoms with van der Waals surface area (Å²) in [5, 5.41) is 22.0. The van der Waals surface area contributed by atoms with Crippen LogP contribution in [-0.4, -0.2) is 36.7 Å². The molecule has 0 spiro atoms. The third-order valence-corrected chi connectivity index (χ3v) is 2.71. The Morgan fingerprint density at radius 2 is 2.06 bits per heavy atom. The van der Waals surface area contributed by atoms with Crippen LogP contribution in [0.4, 0.5) is 0 Å². The molecule has 2 heterocycles. The Bertz CT molecular complexity index is 622. The van der Waals surface area contributed by atoms with E-state index in [1.54, 1.807) is 0 Å². The van der Waals surface area contributed by atoms with E-state index in [1.807, 2.05) is 0 Å². The molecule has 0 radical (unpaired) electrons. The van der Waals surface area contributed by atoms with E-state index in [4.69, 9.17) is 10.2 Å². The molecule has 88 valence electrons. The topological polar surface area (TPSA) is 105 Å². The zero-order valence-corrected chi connectivity index (χ0v) is 9.88. The zero-order chi connectivity index (χ0) is 12.6. The highest BCUT2D eigenvalue weighted by Crippen LogP contribution is 2.14. The van der Waals surface area contributed by atoms with Crippen LogP contribution < -0.4 is 0 Å². The van der Waals surface area contributed by atoms with E-state index in [-0.39, 0.29) is 16.9 Å². The van der Waals surface area contributed by atoms with Crippen molar-refractivity contribution in [3.63, 3.8) is 0 Å². The second kappa shape index (κ2) is 4.13. The second-order valence-electron chi connectivity index (χ2n) is 3.17. The van der Waals surface area contributed by atoms with E-state index in [0.717, 1.165) is 6.20 Å². The first-order valence-corrected chi connectivity index (χ1v) is 5.57. The maximum atomic E-state index is 10.9. The van der Waals surface area contributed by atoms with Crippen molar-refractivity contribution < 1.29 is 19.8 Å². The van der Waals surface area contributed by atoms with Crippen molar-refractivity contribution in [2.75, 3.05) is 0 Å². The Labute approximate surface area is 103 Å². The lowest BCUT2D eigenvalue weighted by molar-refractivity contribution is 0.0680. The summed E-state index contributed by atoms with van der Waals surface area (Å²) >= 11 is 3.18. The van der Waals surface area contributed by atoms with Crippen molar-refractivity contribution in [3.05, 3.63) is 29.2 Å². The molecule has 2 rings (SSSR count). The van der Waals surface area contributed by atoms with E-state index >= 15 is 0 Å². The molecule has 0 unspecified atom stereocenters. The number of hydrogen-bond donors (Lipinski definition) is 2. The zero-order valence-electron chi connectivity index (χ0n) is 8.29. The number of fused-ring (bicyclic) bond motifs is 1. The lowest BCUT2D eigenvalue weighted by atomic mass is 10.3. The number of hydrogen-bond acceptors (Lipinski definition) is 4. The average molecular weight is 300 g/mol. The molecule has 0 aliphatic rings. The Morgan fingerprint density at radius 1 is 1.35 bits per heavy atom. The molecule has 2 aromatic heterocycles. The van der Waals surface area contributed by atoms with E-state index in [1.165, 1.54) is 10.6 Å². The van der Waals surface area contributed by atoms with Crippen LogP contribution in [0.5, 0.6) is 0 Å². The molecule has 2 aromatic rings. The molecular formula is C9H6BrN3O4. The average Bonchev–Trinajstić information content (AvgIpc) is 2.70. The van der Waals surface area contributed by atoms with E-state index < -0.39 is 11.9 Å². The Kier molecular flexibility index (Phi) is 2.80. The van der Waals surface area contributed by atoms with Gasteiger partial charge in [0, 0.05) is 5.33 Å². The summed E-state index contributed by atoms with van der Waals surface area (Å²) in [6.07, 6.45) is 1.14. The minimum absolute atomic E-state index is 0.0202. The highest BCUT2D eigenvalue weighted by atomic mass is 79.9. The maximum Gasteiger partial charge on any atom is 0.354 e. The van der Waals surface area contributed by atoms with E-state index in [9.17, 15) is 9.59 Å². The fourth-order valence-corrected chi connectivity index (χ4v) is 1.78. The number of rotatable bonds is 3. The number of aromatic carboxylic acids is 2. The summed E-state index contributed by atoms with van der Waals surface area (Å²) in [6, 6.07) is 1.34. The van der Waals surface area contributed by atoms with Gasteiger partial charge in [0.05, 0.1) is 11.9 Å². The molecule has 0 fully saturated rings. The van der Waals surface area contributed by atoms with Gasteiger partial charge in [-0.2, -0.15) is 5.10 Å². The van der Waals surface area contributed by atoms with Gasteiger partial charge < -0.3 is 10.2 Å². The normalized spacial score (nSPS) is 10.6. The van der Waals surface area contributed by atoms with Crippen molar-refractivity contribution in [1.82, 2.24) is 14.6 Å². The Hall–Kier alpha value is -1.96. The number of carboxylic acid groups (broad SMARTS) is 2. The fourth-order valence-electron chi connectivity index (χ4n) is 1.38. The second-order valence-corrected chi connectivity index (χ2v) is 3.73. The SMILES string of the molecule is O=C(O)c1cc(CBr)n2ncc(C(=O)O)c2n1. The molecule has 8 heteroatoms. The van der Waals surface area contributed by atoms with Crippen molar-refractivity contribution in [2.45, 2.75) is 5.33 Å². The molecule has 0 amide bonds. The first kappa shape index (κ1) is 11.5. The van der Waals surface area contributed by atoms with Crippen LogP contribution in [0.3, 0.4) is 0 Å².